The summed E-state index contributed by atoms with van der Waals surface area (Å²) in [6.45, 7) is 12.6. The van der Waals surface area contributed by atoms with E-state index in [9.17, 15) is 9.90 Å². The molecule has 0 aromatic heterocycles. The van der Waals surface area contributed by atoms with Gasteiger partial charge in [-0.15, -0.1) is 11.3 Å². The highest BCUT2D eigenvalue weighted by Gasteiger charge is 2.21. The van der Waals surface area contributed by atoms with Crippen LogP contribution in [0.4, 0.5) is 0 Å². The van der Waals surface area contributed by atoms with E-state index in [-0.39, 0.29) is 5.43 Å². The summed E-state index contributed by atoms with van der Waals surface area (Å²) >= 11 is 1.64. The quantitative estimate of drug-likeness (QED) is 0.193. The SMILES string of the molecule is CC(C)=CCC/C(C)=C/CC/C(C)=C/CC[C@@H](O)CCc1c2sc3ccccc3nc-2c(C)c(C)c1=O. The van der Waals surface area contributed by atoms with E-state index in [1.807, 2.05) is 32.0 Å². The van der Waals surface area contributed by atoms with Crippen LogP contribution in [-0.4, -0.2) is 16.2 Å². The lowest BCUT2D eigenvalue weighted by molar-refractivity contribution is 0.156. The summed E-state index contributed by atoms with van der Waals surface area (Å²) in [5, 5.41) is 10.7. The van der Waals surface area contributed by atoms with Crippen molar-refractivity contribution in [3.05, 3.63) is 86.1 Å². The zero-order chi connectivity index (χ0) is 26.9. The Morgan fingerprint density at radius 2 is 1.57 bits per heavy atom. The van der Waals surface area contributed by atoms with Crippen molar-refractivity contribution < 1.29 is 5.11 Å². The maximum Gasteiger partial charge on any atom is 0.186 e. The van der Waals surface area contributed by atoms with E-state index < -0.39 is 6.10 Å². The van der Waals surface area contributed by atoms with Gasteiger partial charge in [0.15, 0.2) is 5.43 Å². The van der Waals surface area contributed by atoms with Crippen LogP contribution < -0.4 is 5.43 Å². The molecule has 1 atom stereocenters. The Bertz CT molecular complexity index is 1320. The van der Waals surface area contributed by atoms with E-state index in [4.69, 9.17) is 4.98 Å². The lowest BCUT2D eigenvalue weighted by Crippen LogP contribution is -2.19. The fourth-order valence-electron chi connectivity index (χ4n) is 4.64. The van der Waals surface area contributed by atoms with Crippen molar-refractivity contribution in [3.8, 4) is 10.6 Å². The van der Waals surface area contributed by atoms with E-state index in [1.54, 1.807) is 11.3 Å². The molecule has 0 bridgehead atoms. The fraction of sp³-hybridized carbons (Fsp3) is 0.455. The number of rotatable bonds is 12. The van der Waals surface area contributed by atoms with Crippen LogP contribution in [0.25, 0.3) is 20.8 Å². The monoisotopic (exact) mass is 517 g/mol. The van der Waals surface area contributed by atoms with Gasteiger partial charge in [-0.05, 0) is 111 Å². The van der Waals surface area contributed by atoms with Gasteiger partial charge in [-0.25, -0.2) is 4.98 Å². The minimum absolute atomic E-state index is 0.102. The smallest absolute Gasteiger partial charge is 0.186 e. The van der Waals surface area contributed by atoms with Gasteiger partial charge in [-0.2, -0.15) is 0 Å². The van der Waals surface area contributed by atoms with Crippen molar-refractivity contribution in [1.82, 2.24) is 4.98 Å². The van der Waals surface area contributed by atoms with Crippen LogP contribution in [0.5, 0.6) is 0 Å². The molecule has 2 aliphatic rings. The Hall–Kier alpha value is -2.56. The zero-order valence-electron chi connectivity index (χ0n) is 23.5. The average molecular weight is 518 g/mol. The molecule has 1 aliphatic heterocycles. The summed E-state index contributed by atoms with van der Waals surface area (Å²) < 4.78 is 1.08. The van der Waals surface area contributed by atoms with Crippen LogP contribution in [0.3, 0.4) is 0 Å². The van der Waals surface area contributed by atoms with Gasteiger partial charge in [0, 0.05) is 11.1 Å². The Morgan fingerprint density at radius 3 is 2.27 bits per heavy atom. The largest absolute Gasteiger partial charge is 0.393 e. The first-order chi connectivity index (χ1) is 17.7. The second kappa shape index (κ2) is 13.8. The highest BCUT2D eigenvalue weighted by Crippen LogP contribution is 2.36. The molecule has 0 fully saturated rings. The van der Waals surface area contributed by atoms with E-state index in [1.165, 1.54) is 16.7 Å². The summed E-state index contributed by atoms with van der Waals surface area (Å²) in [7, 11) is 0. The van der Waals surface area contributed by atoms with Crippen molar-refractivity contribution in [3.63, 3.8) is 0 Å². The molecule has 1 aliphatic carbocycles. The van der Waals surface area contributed by atoms with Gasteiger partial charge in [0.05, 0.1) is 26.9 Å². The molecule has 198 valence electrons. The summed E-state index contributed by atoms with van der Waals surface area (Å²) in [6.07, 6.45) is 13.6. The van der Waals surface area contributed by atoms with E-state index in [0.29, 0.717) is 12.8 Å². The van der Waals surface area contributed by atoms with Crippen LogP contribution in [0.15, 0.2) is 64.0 Å². The highest BCUT2D eigenvalue weighted by atomic mass is 32.1. The number of aliphatic hydroxyl groups excluding tert-OH is 1. The highest BCUT2D eigenvalue weighted by molar-refractivity contribution is 7.21. The predicted octanol–water partition coefficient (Wildman–Crippen LogP) is 8.87. The first-order valence-electron chi connectivity index (χ1n) is 13.6. The molecule has 3 rings (SSSR count). The van der Waals surface area contributed by atoms with Gasteiger partial charge in [0.25, 0.3) is 0 Å². The predicted molar refractivity (Wildman–Crippen MR) is 161 cm³/mol. The first-order valence-corrected chi connectivity index (χ1v) is 14.4. The van der Waals surface area contributed by atoms with Gasteiger partial charge in [0.2, 0.25) is 0 Å². The van der Waals surface area contributed by atoms with Crippen molar-refractivity contribution in [2.24, 2.45) is 0 Å². The zero-order valence-corrected chi connectivity index (χ0v) is 24.3. The third-order valence-corrected chi connectivity index (χ3v) is 8.38. The molecule has 1 heterocycles. The first kappa shape index (κ1) is 29.0. The molecule has 1 aromatic carbocycles. The summed E-state index contributed by atoms with van der Waals surface area (Å²) in [5.41, 5.74) is 8.74. The van der Waals surface area contributed by atoms with Crippen LogP contribution in [0, 0.1) is 13.8 Å². The average Bonchev–Trinajstić information content (AvgIpc) is 2.86. The minimum Gasteiger partial charge on any atom is -0.393 e. The maximum absolute atomic E-state index is 13.2. The number of hydrogen-bond donors (Lipinski definition) is 1. The van der Waals surface area contributed by atoms with Gasteiger partial charge in [-0.1, -0.05) is 47.1 Å². The molecule has 37 heavy (non-hydrogen) atoms. The number of hydrogen-bond acceptors (Lipinski definition) is 4. The van der Waals surface area contributed by atoms with Crippen molar-refractivity contribution in [2.75, 3.05) is 0 Å². The van der Waals surface area contributed by atoms with Crippen molar-refractivity contribution >= 4 is 21.6 Å². The summed E-state index contributed by atoms with van der Waals surface area (Å²) in [4.78, 5) is 19.0. The topological polar surface area (TPSA) is 50.2 Å². The van der Waals surface area contributed by atoms with E-state index >= 15 is 0 Å². The Morgan fingerprint density at radius 1 is 0.919 bits per heavy atom. The number of aromatic nitrogens is 1. The summed E-state index contributed by atoms with van der Waals surface area (Å²) in [5.74, 6) is 0. The second-order valence-corrected chi connectivity index (χ2v) is 11.7. The number of nitrogens with zero attached hydrogens (tertiary/aromatic N) is 1. The number of para-hydroxylation sites is 1. The lowest BCUT2D eigenvalue weighted by Gasteiger charge is -2.17. The lowest BCUT2D eigenvalue weighted by atomic mass is 9.95. The van der Waals surface area contributed by atoms with Crippen LogP contribution in [0.1, 0.15) is 89.3 Å². The second-order valence-electron chi connectivity index (χ2n) is 10.6. The van der Waals surface area contributed by atoms with Gasteiger partial charge in [0.1, 0.15) is 0 Å². The van der Waals surface area contributed by atoms with Gasteiger partial charge in [-0.3, -0.25) is 4.79 Å². The Labute approximate surface area is 227 Å². The molecule has 0 unspecified atom stereocenters. The summed E-state index contributed by atoms with van der Waals surface area (Å²) in [6, 6.07) is 8.08. The van der Waals surface area contributed by atoms with Crippen molar-refractivity contribution in [2.45, 2.75) is 99.0 Å². The van der Waals surface area contributed by atoms with Crippen LogP contribution in [0.2, 0.25) is 0 Å². The van der Waals surface area contributed by atoms with Gasteiger partial charge < -0.3 is 5.11 Å². The number of benzene rings is 2. The van der Waals surface area contributed by atoms with Crippen LogP contribution in [-0.2, 0) is 6.42 Å². The molecular weight excluding hydrogens is 474 g/mol. The van der Waals surface area contributed by atoms with E-state index in [0.717, 1.165) is 76.0 Å². The molecule has 0 radical (unpaired) electrons. The fourth-order valence-corrected chi connectivity index (χ4v) is 5.84. The molecule has 1 N–H and O–H groups in total. The number of fused-ring (bicyclic) bond motifs is 2. The molecule has 4 heteroatoms. The third-order valence-electron chi connectivity index (χ3n) is 7.17. The Kier molecular flexibility index (Phi) is 10.8. The van der Waals surface area contributed by atoms with Crippen LogP contribution >= 0.6 is 11.3 Å². The Balaban J connectivity index is 1.56. The molecule has 0 saturated heterocycles. The maximum atomic E-state index is 13.2. The molecular formula is C33H43NO2S. The number of aliphatic hydroxyl groups is 1. The molecule has 0 amide bonds. The third kappa shape index (κ3) is 8.21. The van der Waals surface area contributed by atoms with Gasteiger partial charge >= 0.3 is 0 Å². The van der Waals surface area contributed by atoms with E-state index in [2.05, 4.69) is 52.0 Å². The molecule has 0 spiro atoms. The normalized spacial score (nSPS) is 13.4. The molecule has 1 aromatic rings. The minimum atomic E-state index is -0.421. The molecule has 0 saturated carbocycles. The standard InChI is InChI=1S/C33H43NO2S/c1-22(2)12-9-13-23(3)14-10-15-24(4)16-11-17-27(35)20-21-28-32(36)26(6)25(5)31-33(28)37-30-19-8-7-18-29(30)34-31/h7-8,12,14,16,18-19,27,35H,9-11,13,15,17,20-21H2,1-6H3/b23-14+,24-16+/t27-/m1/s1. The molecule has 3 nitrogen and oxygen atoms in total. The van der Waals surface area contributed by atoms with Crippen molar-refractivity contribution in [1.29, 1.82) is 0 Å². The number of allylic oxidation sites excluding steroid dienone is 6.